The molecule has 1 N–H and O–H groups in total. The number of hydrazine groups is 1. The minimum atomic E-state index is -4.72. The van der Waals surface area contributed by atoms with E-state index in [2.05, 4.69) is 10.4 Å². The minimum absolute atomic E-state index is 0.0452. The number of halogens is 3. The van der Waals surface area contributed by atoms with E-state index >= 15 is 0 Å². The van der Waals surface area contributed by atoms with Crippen molar-refractivity contribution in [1.29, 1.82) is 0 Å². The summed E-state index contributed by atoms with van der Waals surface area (Å²) in [7, 11) is -4.45. The number of aryl methyl sites for hydroxylation is 1. The maximum Gasteiger partial charge on any atom is 0.435 e. The second-order valence-corrected chi connectivity index (χ2v) is 13.2. The highest BCUT2D eigenvalue weighted by atomic mass is 32.2. The molecule has 3 aromatic carbocycles. The molecule has 2 aliphatic heterocycles. The average Bonchev–Trinajstić information content (AvgIpc) is 3.65. The number of nitrogens with zero attached hydrogens (tertiary/aromatic N) is 6. The van der Waals surface area contributed by atoms with Crippen LogP contribution in [0.15, 0.2) is 89.0 Å². The molecule has 266 valence electrons. The van der Waals surface area contributed by atoms with Crippen molar-refractivity contribution in [3.05, 3.63) is 106 Å². The second-order valence-electron chi connectivity index (χ2n) is 11.5. The first-order chi connectivity index (χ1) is 24.2. The van der Waals surface area contributed by atoms with Crippen molar-refractivity contribution in [3.63, 3.8) is 0 Å². The first kappa shape index (κ1) is 34.9. The van der Waals surface area contributed by atoms with Gasteiger partial charge in [-0.2, -0.15) is 18.3 Å². The van der Waals surface area contributed by atoms with E-state index in [1.165, 1.54) is 29.3 Å². The van der Waals surface area contributed by atoms with Gasteiger partial charge in [-0.1, -0.05) is 42.0 Å². The van der Waals surface area contributed by atoms with Crippen LogP contribution in [0.3, 0.4) is 0 Å². The van der Waals surface area contributed by atoms with Crippen LogP contribution >= 0.6 is 0 Å². The van der Waals surface area contributed by atoms with Gasteiger partial charge in [-0.3, -0.25) is 9.59 Å². The highest BCUT2D eigenvalue weighted by Crippen LogP contribution is 2.33. The molecule has 3 heterocycles. The molecule has 4 aromatic rings. The number of alkyl halides is 3. The average molecular weight is 728 g/mol. The zero-order valence-electron chi connectivity index (χ0n) is 26.6. The predicted octanol–water partition coefficient (Wildman–Crippen LogP) is 4.81. The number of ether oxygens (including phenoxy) is 1. The van der Waals surface area contributed by atoms with Gasteiger partial charge in [0.2, 0.25) is 12.0 Å². The Bertz CT molecular complexity index is 2080. The van der Waals surface area contributed by atoms with Gasteiger partial charge >= 0.3 is 12.3 Å². The molecule has 1 aromatic heterocycles. The zero-order chi connectivity index (χ0) is 36.5. The smallest absolute Gasteiger partial charge is 0.435 e. The molecule has 3 amide bonds. The summed E-state index contributed by atoms with van der Waals surface area (Å²) in [5.74, 6) is -1.16. The fraction of sp³-hybridized carbons (Fsp3) is 0.250. The number of aromatic nitrogens is 2. The third-order valence-corrected chi connectivity index (χ3v) is 9.41. The molecule has 15 nitrogen and oxygen atoms in total. The summed E-state index contributed by atoms with van der Waals surface area (Å²) < 4.78 is 74.5. The number of sulfonamides is 1. The van der Waals surface area contributed by atoms with Gasteiger partial charge in [0.25, 0.3) is 21.8 Å². The first-order valence-electron chi connectivity index (χ1n) is 15.3. The van der Waals surface area contributed by atoms with Crippen molar-refractivity contribution in [1.82, 2.24) is 24.4 Å². The summed E-state index contributed by atoms with van der Waals surface area (Å²) in [6, 6.07) is 18.6. The Morgan fingerprint density at radius 2 is 1.61 bits per heavy atom. The fourth-order valence-electron chi connectivity index (χ4n) is 5.43. The van der Waals surface area contributed by atoms with E-state index in [4.69, 9.17) is 9.57 Å². The lowest BCUT2D eigenvalue weighted by Gasteiger charge is -2.27. The van der Waals surface area contributed by atoms with Crippen molar-refractivity contribution >= 4 is 27.9 Å². The second kappa shape index (κ2) is 13.7. The molecule has 2 aliphatic rings. The summed E-state index contributed by atoms with van der Waals surface area (Å²) in [5.41, 5.74) is 0.933. The number of hydrogen-bond donors (Lipinski definition) is 1. The fourth-order valence-corrected chi connectivity index (χ4v) is 6.31. The number of nitrogens with one attached hydrogen (secondary N) is 1. The summed E-state index contributed by atoms with van der Waals surface area (Å²) in [6.45, 7) is 1.34. The molecule has 0 saturated carbocycles. The predicted molar refractivity (Wildman–Crippen MR) is 169 cm³/mol. The Morgan fingerprint density at radius 1 is 1.00 bits per heavy atom. The lowest BCUT2D eigenvalue weighted by Crippen LogP contribution is -2.43. The van der Waals surface area contributed by atoms with Crippen LogP contribution in [-0.4, -0.2) is 76.9 Å². The highest BCUT2D eigenvalue weighted by molar-refractivity contribution is 7.90. The molecular formula is C32H28F3N7O8S. The summed E-state index contributed by atoms with van der Waals surface area (Å²) in [4.78, 5) is 42.8. The maximum atomic E-state index is 13.5. The summed E-state index contributed by atoms with van der Waals surface area (Å²) in [6.07, 6.45) is -6.49. The Balaban J connectivity index is 1.02. The molecule has 0 spiro atoms. The minimum Gasteiger partial charge on any atom is -0.569 e. The summed E-state index contributed by atoms with van der Waals surface area (Å²) >= 11 is 0. The maximum absolute atomic E-state index is 13.5. The number of carbonyl (C=O) groups is 3. The molecule has 19 heteroatoms. The van der Waals surface area contributed by atoms with E-state index in [-0.39, 0.29) is 58.3 Å². The van der Waals surface area contributed by atoms with Gasteiger partial charge in [0, 0.05) is 18.4 Å². The van der Waals surface area contributed by atoms with Crippen LogP contribution in [0.4, 0.5) is 18.0 Å². The van der Waals surface area contributed by atoms with Gasteiger partial charge in [-0.05, 0) is 49.4 Å². The number of carbonyl (C=O) groups excluding carboxylic acids is 3. The molecule has 0 unspecified atom stereocenters. The number of fused-ring (bicyclic) bond motifs is 1. The van der Waals surface area contributed by atoms with Crippen LogP contribution in [-0.2, 0) is 25.8 Å². The van der Waals surface area contributed by atoms with Crippen LogP contribution in [0.25, 0.3) is 16.9 Å². The van der Waals surface area contributed by atoms with Crippen LogP contribution < -0.4 is 4.72 Å². The van der Waals surface area contributed by atoms with E-state index in [0.29, 0.717) is 5.56 Å². The number of piperidine rings is 1. The van der Waals surface area contributed by atoms with Gasteiger partial charge < -0.3 is 14.8 Å². The Labute approximate surface area is 288 Å². The van der Waals surface area contributed by atoms with Gasteiger partial charge in [0.1, 0.15) is 6.10 Å². The SMILES string of the molecule is Cc1ccc(-c2cc(C(F)(F)F)nn2-c2ccc(S(=O)(=O)NC(=O)OC3CCN([N+]([O-])=NOCN4C(=O)c5ccccc5C4=O)CC3)cc2)cc1. The van der Waals surface area contributed by atoms with Crippen LogP contribution in [0, 0.1) is 12.1 Å². The number of amides is 3. The third kappa shape index (κ3) is 7.47. The van der Waals surface area contributed by atoms with Crippen molar-refractivity contribution in [2.24, 2.45) is 5.28 Å². The van der Waals surface area contributed by atoms with Crippen LogP contribution in [0.2, 0.25) is 0 Å². The molecule has 1 saturated heterocycles. The molecule has 0 atom stereocenters. The third-order valence-electron chi connectivity index (χ3n) is 8.08. The molecule has 51 heavy (non-hydrogen) atoms. The Morgan fingerprint density at radius 3 is 2.20 bits per heavy atom. The molecule has 0 bridgehead atoms. The molecule has 6 rings (SSSR count). The highest BCUT2D eigenvalue weighted by Gasteiger charge is 2.37. The van der Waals surface area contributed by atoms with Gasteiger partial charge in [0.15, 0.2) is 5.69 Å². The monoisotopic (exact) mass is 727 g/mol. The molecule has 1 fully saturated rings. The molecule has 0 radical (unpaired) electrons. The lowest BCUT2D eigenvalue weighted by atomic mass is 10.1. The molecular weight excluding hydrogens is 699 g/mol. The first-order valence-corrected chi connectivity index (χ1v) is 16.8. The number of hydrogen-bond acceptors (Lipinski definition) is 10. The quantitative estimate of drug-likeness (QED) is 0.109. The topological polar surface area (TPSA) is 179 Å². The normalized spacial score (nSPS) is 15.6. The van der Waals surface area contributed by atoms with Crippen LogP contribution in [0.5, 0.6) is 0 Å². The van der Waals surface area contributed by atoms with E-state index in [1.54, 1.807) is 41.1 Å². The van der Waals surface area contributed by atoms with Crippen LogP contribution in [0.1, 0.15) is 44.8 Å². The zero-order valence-corrected chi connectivity index (χ0v) is 27.4. The largest absolute Gasteiger partial charge is 0.569 e. The lowest BCUT2D eigenvalue weighted by molar-refractivity contribution is -0.713. The van der Waals surface area contributed by atoms with E-state index in [0.717, 1.165) is 33.3 Å². The van der Waals surface area contributed by atoms with Crippen molar-refractivity contribution in [2.75, 3.05) is 19.8 Å². The van der Waals surface area contributed by atoms with Gasteiger partial charge in [-0.15, -0.1) is 5.01 Å². The number of benzene rings is 3. The van der Waals surface area contributed by atoms with Crippen molar-refractivity contribution < 1.29 is 50.5 Å². The van der Waals surface area contributed by atoms with Crippen molar-refractivity contribution in [3.8, 4) is 16.9 Å². The number of imide groups is 1. The van der Waals surface area contributed by atoms with E-state index < -0.39 is 52.6 Å². The van der Waals surface area contributed by atoms with E-state index in [9.17, 15) is 41.2 Å². The van der Waals surface area contributed by atoms with E-state index in [1.807, 2.05) is 6.92 Å². The Hall–Kier alpha value is -5.98. The number of rotatable bonds is 9. The Kier molecular flexibility index (Phi) is 9.39. The standard InChI is InChI=1S/C32H28F3N7O8S/c1-20-6-8-21(9-7-20)27-18-28(32(33,34)35)36-41(27)22-10-12-24(13-11-22)51(47,48)37-31(45)50-23-14-16-39(17-15-23)42(46)38-49-19-40-29(43)25-4-2-3-5-26(25)30(40)44/h2-13,18,23H,14-17,19H2,1H3,(H,37,45). The van der Waals surface area contributed by atoms with Gasteiger partial charge in [-0.25, -0.2) is 27.5 Å². The summed E-state index contributed by atoms with van der Waals surface area (Å²) in [5, 5.41) is 20.7. The van der Waals surface area contributed by atoms with Crippen molar-refractivity contribution in [2.45, 2.75) is 36.9 Å². The van der Waals surface area contributed by atoms with Gasteiger partial charge in [0.05, 0.1) is 45.5 Å². The molecule has 0 aliphatic carbocycles.